The van der Waals surface area contributed by atoms with Crippen LogP contribution in [0.1, 0.15) is 5.56 Å². The first kappa shape index (κ1) is 14.8. The lowest BCUT2D eigenvalue weighted by Crippen LogP contribution is -1.93. The average Bonchev–Trinajstić information content (AvgIpc) is 2.43. The molecule has 2 aromatic carbocycles. The maximum atomic E-state index is 13.4. The number of halogens is 2. The minimum atomic E-state index is -0.702. The van der Waals surface area contributed by atoms with Gasteiger partial charge in [0.05, 0.1) is 21.4 Å². The third-order valence-corrected chi connectivity index (χ3v) is 3.88. The van der Waals surface area contributed by atoms with Gasteiger partial charge in [-0.05, 0) is 23.8 Å². The molecule has 0 unspecified atom stereocenters. The summed E-state index contributed by atoms with van der Waals surface area (Å²) in [5.41, 5.74) is 0.485. The Kier molecular flexibility index (Phi) is 4.59. The van der Waals surface area contributed by atoms with Crippen LogP contribution in [0.2, 0.25) is 5.02 Å². The van der Waals surface area contributed by atoms with E-state index in [1.54, 1.807) is 24.3 Å². The lowest BCUT2D eigenvalue weighted by molar-refractivity contribution is -0.387. The van der Waals surface area contributed by atoms with Crippen molar-refractivity contribution in [2.24, 2.45) is 0 Å². The van der Waals surface area contributed by atoms with E-state index in [-0.39, 0.29) is 22.2 Å². The smallest absolute Gasteiger partial charge is 0.284 e. The highest BCUT2D eigenvalue weighted by Crippen LogP contribution is 2.37. The third kappa shape index (κ3) is 3.27. The summed E-state index contributed by atoms with van der Waals surface area (Å²) < 4.78 is 13.4. The maximum Gasteiger partial charge on any atom is 0.284 e. The molecule has 0 bridgehead atoms. The van der Waals surface area contributed by atoms with E-state index in [2.05, 4.69) is 0 Å². The van der Waals surface area contributed by atoms with Crippen LogP contribution in [0.15, 0.2) is 46.2 Å². The van der Waals surface area contributed by atoms with Gasteiger partial charge >= 0.3 is 0 Å². The van der Waals surface area contributed by atoms with Gasteiger partial charge in [-0.1, -0.05) is 35.5 Å². The topological polar surface area (TPSA) is 63.4 Å². The highest BCUT2D eigenvalue weighted by molar-refractivity contribution is 7.99. The van der Waals surface area contributed by atoms with Crippen LogP contribution in [-0.4, -0.2) is 10.0 Å². The van der Waals surface area contributed by atoms with Crippen LogP contribution in [0.5, 0.6) is 0 Å². The number of aliphatic hydroxyl groups is 1. The molecule has 0 saturated carbocycles. The van der Waals surface area contributed by atoms with E-state index in [4.69, 9.17) is 16.7 Å². The second-order valence-electron chi connectivity index (χ2n) is 3.90. The van der Waals surface area contributed by atoms with Crippen molar-refractivity contribution in [3.05, 3.63) is 62.9 Å². The first-order chi connectivity index (χ1) is 9.51. The van der Waals surface area contributed by atoms with E-state index >= 15 is 0 Å². The maximum absolute atomic E-state index is 13.4. The van der Waals surface area contributed by atoms with Gasteiger partial charge in [0.1, 0.15) is 5.82 Å². The van der Waals surface area contributed by atoms with Gasteiger partial charge in [-0.2, -0.15) is 0 Å². The Morgan fingerprint density at radius 3 is 2.50 bits per heavy atom. The van der Waals surface area contributed by atoms with Gasteiger partial charge in [-0.15, -0.1) is 0 Å². The molecule has 0 saturated heterocycles. The summed E-state index contributed by atoms with van der Waals surface area (Å²) in [6, 6.07) is 8.84. The quantitative estimate of drug-likeness (QED) is 0.683. The van der Waals surface area contributed by atoms with Crippen LogP contribution >= 0.6 is 23.4 Å². The molecule has 20 heavy (non-hydrogen) atoms. The van der Waals surface area contributed by atoms with Gasteiger partial charge in [0.2, 0.25) is 0 Å². The van der Waals surface area contributed by atoms with Crippen LogP contribution in [0.3, 0.4) is 0 Å². The van der Waals surface area contributed by atoms with Crippen molar-refractivity contribution in [2.45, 2.75) is 16.4 Å². The summed E-state index contributed by atoms with van der Waals surface area (Å²) in [6.45, 7) is -0.0827. The van der Waals surface area contributed by atoms with E-state index in [1.807, 2.05) is 0 Å². The molecule has 4 nitrogen and oxygen atoms in total. The molecule has 0 aliphatic rings. The Labute approximate surface area is 123 Å². The van der Waals surface area contributed by atoms with Crippen molar-refractivity contribution in [2.75, 3.05) is 0 Å². The fourth-order valence-corrected chi connectivity index (χ4v) is 2.62. The molecular weight excluding hydrogens is 305 g/mol. The fraction of sp³-hybridized carbons (Fsp3) is 0.0769. The number of hydrogen-bond donors (Lipinski definition) is 1. The van der Waals surface area contributed by atoms with Crippen molar-refractivity contribution in [1.82, 2.24) is 0 Å². The second kappa shape index (κ2) is 6.21. The molecule has 0 aliphatic heterocycles. The van der Waals surface area contributed by atoms with Gasteiger partial charge < -0.3 is 5.11 Å². The van der Waals surface area contributed by atoms with E-state index in [0.717, 1.165) is 29.5 Å². The van der Waals surface area contributed by atoms with E-state index < -0.39 is 10.7 Å². The Morgan fingerprint density at radius 2 is 1.95 bits per heavy atom. The number of rotatable bonds is 4. The molecule has 1 N–H and O–H groups in total. The van der Waals surface area contributed by atoms with Crippen LogP contribution in [0.25, 0.3) is 0 Å². The normalized spacial score (nSPS) is 10.6. The van der Waals surface area contributed by atoms with Crippen LogP contribution < -0.4 is 0 Å². The molecule has 0 amide bonds. The third-order valence-electron chi connectivity index (χ3n) is 2.53. The highest BCUT2D eigenvalue weighted by atomic mass is 35.5. The van der Waals surface area contributed by atoms with E-state index in [1.165, 1.54) is 0 Å². The van der Waals surface area contributed by atoms with Crippen molar-refractivity contribution in [1.29, 1.82) is 0 Å². The van der Waals surface area contributed by atoms with Crippen molar-refractivity contribution < 1.29 is 14.4 Å². The largest absolute Gasteiger partial charge is 0.392 e. The summed E-state index contributed by atoms with van der Waals surface area (Å²) in [5.74, 6) is -0.702. The summed E-state index contributed by atoms with van der Waals surface area (Å²) in [6.07, 6.45) is 0. The van der Waals surface area contributed by atoms with Gasteiger partial charge in [0.15, 0.2) is 0 Å². The predicted molar refractivity (Wildman–Crippen MR) is 74.6 cm³/mol. The SMILES string of the molecule is O=[N+]([O-])c1cc(Cl)c(F)cc1Sc1ccc(CO)cc1. The monoisotopic (exact) mass is 313 g/mol. The molecule has 7 heteroatoms. The zero-order valence-corrected chi connectivity index (χ0v) is 11.6. The fourth-order valence-electron chi connectivity index (χ4n) is 1.53. The molecule has 0 atom stereocenters. The number of hydrogen-bond acceptors (Lipinski definition) is 4. The molecule has 104 valence electrons. The first-order valence-electron chi connectivity index (χ1n) is 5.52. The lowest BCUT2D eigenvalue weighted by Gasteiger charge is -2.05. The lowest BCUT2D eigenvalue weighted by atomic mass is 10.2. The number of aliphatic hydroxyl groups excluding tert-OH is 1. The van der Waals surface area contributed by atoms with Crippen LogP contribution in [-0.2, 0) is 6.61 Å². The van der Waals surface area contributed by atoms with Gasteiger partial charge in [-0.3, -0.25) is 10.1 Å². The van der Waals surface area contributed by atoms with Crippen molar-refractivity contribution in [3.8, 4) is 0 Å². The summed E-state index contributed by atoms with van der Waals surface area (Å²) in [4.78, 5) is 11.2. The number of nitro benzene ring substituents is 1. The van der Waals surface area contributed by atoms with E-state index in [0.29, 0.717) is 4.90 Å². The Morgan fingerprint density at radius 1 is 1.30 bits per heavy atom. The number of nitrogens with zero attached hydrogens (tertiary/aromatic N) is 1. The molecule has 2 aromatic rings. The minimum Gasteiger partial charge on any atom is -0.392 e. The Balaban J connectivity index is 2.36. The number of benzene rings is 2. The summed E-state index contributed by atoms with van der Waals surface area (Å²) in [7, 11) is 0. The number of nitro groups is 1. The Hall–Kier alpha value is -1.63. The van der Waals surface area contributed by atoms with E-state index in [9.17, 15) is 14.5 Å². The standard InChI is InChI=1S/C13H9ClFNO3S/c14-10-5-12(16(18)19)13(6-11(10)15)20-9-3-1-8(7-17)2-4-9/h1-6,17H,7H2. The van der Waals surface area contributed by atoms with Gasteiger partial charge in [0, 0.05) is 11.0 Å². The van der Waals surface area contributed by atoms with Crippen LogP contribution in [0, 0.1) is 15.9 Å². The summed E-state index contributed by atoms with van der Waals surface area (Å²) in [5, 5.41) is 19.6. The molecule has 0 spiro atoms. The Bertz CT molecular complexity index is 649. The first-order valence-corrected chi connectivity index (χ1v) is 6.72. The summed E-state index contributed by atoms with van der Waals surface area (Å²) >= 11 is 6.62. The second-order valence-corrected chi connectivity index (χ2v) is 5.42. The molecule has 0 fully saturated rings. The predicted octanol–water partition coefficient (Wildman–Crippen LogP) is 4.03. The molecule has 0 aliphatic carbocycles. The van der Waals surface area contributed by atoms with Gasteiger partial charge in [-0.25, -0.2) is 4.39 Å². The van der Waals surface area contributed by atoms with Crippen molar-refractivity contribution >= 4 is 29.1 Å². The molecular formula is C13H9ClFNO3S. The minimum absolute atomic E-state index is 0.0827. The van der Waals surface area contributed by atoms with Crippen molar-refractivity contribution in [3.63, 3.8) is 0 Å². The van der Waals surface area contributed by atoms with Crippen LogP contribution in [0.4, 0.5) is 10.1 Å². The average molecular weight is 314 g/mol. The zero-order chi connectivity index (χ0) is 14.7. The molecule has 0 heterocycles. The molecule has 2 rings (SSSR count). The molecule has 0 radical (unpaired) electrons. The highest BCUT2D eigenvalue weighted by Gasteiger charge is 2.18. The molecule has 0 aromatic heterocycles. The zero-order valence-electron chi connectivity index (χ0n) is 10.0. The van der Waals surface area contributed by atoms with Gasteiger partial charge in [0.25, 0.3) is 5.69 Å².